The van der Waals surface area contributed by atoms with Crippen molar-refractivity contribution in [2.45, 2.75) is 33.1 Å². The van der Waals surface area contributed by atoms with E-state index in [1.165, 1.54) is 14.2 Å². The van der Waals surface area contributed by atoms with Gasteiger partial charge in [-0.3, -0.25) is 0 Å². The monoisotopic (exact) mass is 296 g/mol. The number of carbonyl (C=O) groups is 2. The van der Waals surface area contributed by atoms with Crippen molar-refractivity contribution in [3.05, 3.63) is 22.3 Å². The van der Waals surface area contributed by atoms with Crippen molar-refractivity contribution in [3.63, 3.8) is 0 Å². The number of benzene rings is 1. The van der Waals surface area contributed by atoms with Crippen molar-refractivity contribution in [1.29, 1.82) is 0 Å². The van der Waals surface area contributed by atoms with Crippen LogP contribution in [0.4, 0.5) is 0 Å². The van der Waals surface area contributed by atoms with Crippen LogP contribution in [0.5, 0.6) is 11.5 Å². The maximum absolute atomic E-state index is 11.7. The molecule has 0 saturated heterocycles. The molecule has 1 aromatic carbocycles. The Morgan fingerprint density at radius 3 is 1.57 bits per heavy atom. The van der Waals surface area contributed by atoms with Crippen molar-refractivity contribution in [2.24, 2.45) is 0 Å². The minimum absolute atomic E-state index is 0.0654. The van der Waals surface area contributed by atoms with Gasteiger partial charge in [-0.05, 0) is 23.5 Å². The molecule has 0 unspecified atom stereocenters. The van der Waals surface area contributed by atoms with Gasteiger partial charge in [-0.2, -0.15) is 0 Å². The fourth-order valence-corrected chi connectivity index (χ4v) is 2.61. The Kier molecular flexibility index (Phi) is 4.51. The molecule has 1 aromatic rings. The fourth-order valence-electron chi connectivity index (χ4n) is 2.61. The second kappa shape index (κ2) is 5.63. The van der Waals surface area contributed by atoms with E-state index in [1.807, 2.05) is 20.8 Å². The van der Waals surface area contributed by atoms with E-state index in [0.29, 0.717) is 11.1 Å². The maximum atomic E-state index is 11.7. The molecule has 2 N–H and O–H groups in total. The fraction of sp³-hybridized carbons (Fsp3) is 0.467. The zero-order valence-corrected chi connectivity index (χ0v) is 13.0. The summed E-state index contributed by atoms with van der Waals surface area (Å²) in [6.07, 6.45) is 0. The normalized spacial score (nSPS) is 11.1. The van der Waals surface area contributed by atoms with E-state index in [-0.39, 0.29) is 22.6 Å². The van der Waals surface area contributed by atoms with E-state index in [2.05, 4.69) is 0 Å². The summed E-state index contributed by atoms with van der Waals surface area (Å²) in [7, 11) is 2.57. The number of carboxylic acid groups (broad SMARTS) is 2. The number of ether oxygens (including phenoxy) is 2. The Bertz CT molecular complexity index is 595. The van der Waals surface area contributed by atoms with Crippen LogP contribution in [0.2, 0.25) is 0 Å². The van der Waals surface area contributed by atoms with Crippen molar-refractivity contribution in [1.82, 2.24) is 0 Å². The molecule has 116 valence electrons. The molecule has 0 aliphatic carbocycles. The third-order valence-electron chi connectivity index (χ3n) is 3.25. The summed E-state index contributed by atoms with van der Waals surface area (Å²) >= 11 is 0. The summed E-state index contributed by atoms with van der Waals surface area (Å²) in [5, 5.41) is 19.0. The number of hydrogen-bond donors (Lipinski definition) is 2. The quantitative estimate of drug-likeness (QED) is 0.887. The Morgan fingerprint density at radius 1 is 0.905 bits per heavy atom. The molecular formula is C15H20O6. The predicted molar refractivity (Wildman–Crippen MR) is 76.9 cm³/mol. The van der Waals surface area contributed by atoms with Crippen LogP contribution in [0.1, 0.15) is 52.6 Å². The van der Waals surface area contributed by atoms with Crippen LogP contribution >= 0.6 is 0 Å². The van der Waals surface area contributed by atoms with Gasteiger partial charge in [0, 0.05) is 0 Å². The third kappa shape index (κ3) is 2.79. The van der Waals surface area contributed by atoms with Crippen LogP contribution in [-0.2, 0) is 5.41 Å². The average molecular weight is 296 g/mol. The number of aromatic carboxylic acids is 2. The molecule has 0 amide bonds. The van der Waals surface area contributed by atoms with Gasteiger partial charge in [0.1, 0.15) is 11.1 Å². The van der Waals surface area contributed by atoms with Gasteiger partial charge in [0.2, 0.25) is 0 Å². The predicted octanol–water partition coefficient (Wildman–Crippen LogP) is 2.71. The zero-order valence-electron chi connectivity index (χ0n) is 13.0. The molecule has 0 spiro atoms. The first kappa shape index (κ1) is 16.8. The second-order valence-corrected chi connectivity index (χ2v) is 5.68. The number of methoxy groups -OCH3 is 2. The molecule has 1 rings (SSSR count). The summed E-state index contributed by atoms with van der Waals surface area (Å²) in [6, 6.07) is 0. The Hall–Kier alpha value is -2.24. The lowest BCUT2D eigenvalue weighted by molar-refractivity contribution is 0.0670. The lowest BCUT2D eigenvalue weighted by Gasteiger charge is -2.27. The molecule has 6 nitrogen and oxygen atoms in total. The highest BCUT2D eigenvalue weighted by atomic mass is 16.5. The van der Waals surface area contributed by atoms with Gasteiger partial charge in [-0.15, -0.1) is 0 Å². The van der Waals surface area contributed by atoms with Crippen molar-refractivity contribution < 1.29 is 29.3 Å². The number of carboxylic acids is 2. The van der Waals surface area contributed by atoms with E-state index in [9.17, 15) is 19.8 Å². The topological polar surface area (TPSA) is 93.1 Å². The summed E-state index contributed by atoms with van der Waals surface area (Å²) in [5.74, 6) is -2.52. The lowest BCUT2D eigenvalue weighted by Crippen LogP contribution is -2.22. The van der Waals surface area contributed by atoms with Crippen LogP contribution < -0.4 is 9.47 Å². The molecule has 0 fully saturated rings. The molecule has 6 heteroatoms. The van der Waals surface area contributed by atoms with Crippen LogP contribution in [0.25, 0.3) is 0 Å². The van der Waals surface area contributed by atoms with E-state index in [0.717, 1.165) is 0 Å². The first-order valence-corrected chi connectivity index (χ1v) is 6.33. The first-order valence-electron chi connectivity index (χ1n) is 6.33. The van der Waals surface area contributed by atoms with E-state index >= 15 is 0 Å². The van der Waals surface area contributed by atoms with Crippen molar-refractivity contribution >= 4 is 11.9 Å². The molecule has 0 aliphatic rings. The molecule has 0 bridgehead atoms. The van der Waals surface area contributed by atoms with Gasteiger partial charge in [0.05, 0.1) is 14.2 Å². The summed E-state index contributed by atoms with van der Waals surface area (Å²) in [5.41, 5.74) is 0.0744. The largest absolute Gasteiger partial charge is 0.492 e. The molecular weight excluding hydrogens is 276 g/mol. The molecule has 21 heavy (non-hydrogen) atoms. The zero-order chi connectivity index (χ0) is 16.5. The van der Waals surface area contributed by atoms with E-state index < -0.39 is 17.4 Å². The molecule has 0 aliphatic heterocycles. The lowest BCUT2D eigenvalue weighted by atomic mass is 9.78. The highest BCUT2D eigenvalue weighted by Gasteiger charge is 2.34. The maximum Gasteiger partial charge on any atom is 0.339 e. The summed E-state index contributed by atoms with van der Waals surface area (Å²) in [6.45, 7) is 7.04. The van der Waals surface area contributed by atoms with Gasteiger partial charge in [-0.1, -0.05) is 20.8 Å². The minimum Gasteiger partial charge on any atom is -0.492 e. The molecule has 0 radical (unpaired) electrons. The van der Waals surface area contributed by atoms with Gasteiger partial charge in [0.25, 0.3) is 0 Å². The Balaban J connectivity index is 4.09. The van der Waals surface area contributed by atoms with Gasteiger partial charge in [0.15, 0.2) is 11.5 Å². The number of hydrogen-bond acceptors (Lipinski definition) is 4. The van der Waals surface area contributed by atoms with Crippen LogP contribution in [0.3, 0.4) is 0 Å². The van der Waals surface area contributed by atoms with Crippen LogP contribution in [-0.4, -0.2) is 36.4 Å². The summed E-state index contributed by atoms with van der Waals surface area (Å²) < 4.78 is 10.2. The van der Waals surface area contributed by atoms with Gasteiger partial charge >= 0.3 is 11.9 Å². The van der Waals surface area contributed by atoms with Crippen molar-refractivity contribution in [2.75, 3.05) is 14.2 Å². The third-order valence-corrected chi connectivity index (χ3v) is 3.25. The Labute approximate surface area is 123 Å². The number of rotatable bonds is 4. The Morgan fingerprint density at radius 2 is 1.29 bits per heavy atom. The van der Waals surface area contributed by atoms with E-state index in [4.69, 9.17) is 9.47 Å². The average Bonchev–Trinajstić information content (AvgIpc) is 2.34. The molecule has 0 saturated carbocycles. The molecule has 0 aromatic heterocycles. The van der Waals surface area contributed by atoms with E-state index in [1.54, 1.807) is 6.92 Å². The highest BCUT2D eigenvalue weighted by Crippen LogP contribution is 2.44. The smallest absolute Gasteiger partial charge is 0.339 e. The standard InChI is InChI=1S/C15H20O6/c1-7-8(13(16)17)11(20-5)12(21-6)9(14(18)19)10(7)15(2,3)4/h1-6H3,(H,16,17)(H,18,19). The van der Waals surface area contributed by atoms with Crippen LogP contribution in [0.15, 0.2) is 0 Å². The molecule has 0 atom stereocenters. The van der Waals surface area contributed by atoms with Crippen molar-refractivity contribution in [3.8, 4) is 11.5 Å². The van der Waals surface area contributed by atoms with Gasteiger partial charge in [-0.25, -0.2) is 9.59 Å². The SMILES string of the molecule is COc1c(OC)c(C(=O)O)c(C(C)(C)C)c(C)c1C(=O)O. The highest BCUT2D eigenvalue weighted by molar-refractivity contribution is 6.01. The summed E-state index contributed by atoms with van der Waals surface area (Å²) in [4.78, 5) is 23.2. The van der Waals surface area contributed by atoms with Gasteiger partial charge < -0.3 is 19.7 Å². The molecule has 0 heterocycles. The second-order valence-electron chi connectivity index (χ2n) is 5.68. The van der Waals surface area contributed by atoms with Crippen LogP contribution in [0, 0.1) is 6.92 Å². The first-order chi connectivity index (χ1) is 9.57. The minimum atomic E-state index is -1.19.